The minimum atomic E-state index is -1.10. The Morgan fingerprint density at radius 1 is 1.09 bits per heavy atom. The minimum absolute atomic E-state index is 0.0970. The summed E-state index contributed by atoms with van der Waals surface area (Å²) in [6.07, 6.45) is 1.57. The molecule has 0 unspecified atom stereocenters. The predicted molar refractivity (Wildman–Crippen MR) is 132 cm³/mol. The van der Waals surface area contributed by atoms with Crippen LogP contribution >= 0.6 is 11.3 Å². The van der Waals surface area contributed by atoms with E-state index in [1.165, 1.54) is 4.57 Å². The van der Waals surface area contributed by atoms with Gasteiger partial charge in [0.05, 0.1) is 28.2 Å². The van der Waals surface area contributed by atoms with Crippen molar-refractivity contribution in [3.63, 3.8) is 0 Å². The van der Waals surface area contributed by atoms with E-state index in [9.17, 15) is 14.4 Å². The summed E-state index contributed by atoms with van der Waals surface area (Å²) in [4.78, 5) is 45.5. The highest BCUT2D eigenvalue weighted by Gasteiger charge is 2.15. The second kappa shape index (κ2) is 10.0. The number of hydrogen-bond acceptors (Lipinski definition) is 7. The molecule has 0 amide bonds. The van der Waals surface area contributed by atoms with Gasteiger partial charge in [0.1, 0.15) is 0 Å². The molecule has 0 bridgehead atoms. The van der Waals surface area contributed by atoms with Gasteiger partial charge in [0, 0.05) is 12.2 Å². The molecule has 2 aromatic carbocycles. The van der Waals surface area contributed by atoms with Crippen molar-refractivity contribution >= 4 is 39.2 Å². The molecule has 0 aliphatic rings. The Labute approximate surface area is 199 Å². The molecule has 2 N–H and O–H groups in total. The summed E-state index contributed by atoms with van der Waals surface area (Å²) in [5.41, 5.74) is 2.09. The lowest BCUT2D eigenvalue weighted by atomic mass is 10.1. The van der Waals surface area contributed by atoms with E-state index in [0.29, 0.717) is 5.69 Å². The number of aryl methyl sites for hydroxylation is 2. The van der Waals surface area contributed by atoms with Gasteiger partial charge in [0.2, 0.25) is 5.95 Å². The van der Waals surface area contributed by atoms with Crippen LogP contribution < -0.4 is 16.7 Å². The van der Waals surface area contributed by atoms with Gasteiger partial charge in [-0.25, -0.2) is 19.1 Å². The van der Waals surface area contributed by atoms with Crippen molar-refractivity contribution in [1.29, 1.82) is 0 Å². The molecule has 0 spiro atoms. The van der Waals surface area contributed by atoms with E-state index in [2.05, 4.69) is 22.2 Å². The zero-order chi connectivity index (χ0) is 24.2. The molecule has 10 heteroatoms. The van der Waals surface area contributed by atoms with E-state index in [-0.39, 0.29) is 25.5 Å². The number of nitrogens with one attached hydrogen (secondary N) is 1. The van der Waals surface area contributed by atoms with Crippen LogP contribution in [0, 0.1) is 6.92 Å². The Morgan fingerprint density at radius 2 is 1.85 bits per heavy atom. The van der Waals surface area contributed by atoms with Gasteiger partial charge < -0.3 is 10.4 Å². The monoisotopic (exact) mass is 479 g/mol. The van der Waals surface area contributed by atoms with Crippen LogP contribution in [0.4, 0.5) is 11.6 Å². The van der Waals surface area contributed by atoms with Crippen molar-refractivity contribution in [2.24, 2.45) is 0 Å². The first kappa shape index (κ1) is 23.4. The normalized spacial score (nSPS) is 11.1. The van der Waals surface area contributed by atoms with E-state index in [4.69, 9.17) is 5.11 Å². The lowest BCUT2D eigenvalue weighted by Gasteiger charge is -2.15. The fourth-order valence-corrected chi connectivity index (χ4v) is 4.65. The Morgan fingerprint density at radius 3 is 2.56 bits per heavy atom. The molecule has 34 heavy (non-hydrogen) atoms. The van der Waals surface area contributed by atoms with E-state index in [1.54, 1.807) is 11.3 Å². The van der Waals surface area contributed by atoms with Crippen LogP contribution in [0.2, 0.25) is 0 Å². The number of hydrogen-bond donors (Lipinski definition) is 2. The molecule has 0 radical (unpaired) electrons. The Bertz CT molecular complexity index is 1450. The van der Waals surface area contributed by atoms with Crippen molar-refractivity contribution in [3.8, 4) is 0 Å². The molecule has 176 valence electrons. The lowest BCUT2D eigenvalue weighted by Crippen LogP contribution is -2.43. The Balaban J connectivity index is 1.74. The first-order valence-electron chi connectivity index (χ1n) is 11.0. The van der Waals surface area contributed by atoms with Crippen LogP contribution in [-0.2, 0) is 24.3 Å². The number of anilines is 2. The van der Waals surface area contributed by atoms with Gasteiger partial charge in [-0.15, -0.1) is 11.3 Å². The third-order valence-corrected chi connectivity index (χ3v) is 6.39. The Hall–Kier alpha value is -3.79. The summed E-state index contributed by atoms with van der Waals surface area (Å²) in [6.45, 7) is 4.00. The third-order valence-electron chi connectivity index (χ3n) is 5.31. The largest absolute Gasteiger partial charge is 0.481 e. The number of carboxylic acids is 1. The molecule has 0 fully saturated rings. The summed E-state index contributed by atoms with van der Waals surface area (Å²) in [7, 11) is 0. The third kappa shape index (κ3) is 5.23. The zero-order valence-electron chi connectivity index (χ0n) is 18.9. The van der Waals surface area contributed by atoms with E-state index < -0.39 is 17.3 Å². The van der Waals surface area contributed by atoms with Crippen molar-refractivity contribution in [3.05, 3.63) is 79.6 Å². The average molecular weight is 480 g/mol. The molecule has 0 saturated heterocycles. The predicted octanol–water partition coefficient (Wildman–Crippen LogP) is 3.54. The van der Waals surface area contributed by atoms with Crippen LogP contribution in [0.5, 0.6) is 0 Å². The van der Waals surface area contributed by atoms with Gasteiger partial charge >= 0.3 is 17.3 Å². The molecule has 2 heterocycles. The number of nitrogens with zero attached hydrogens (tertiary/aromatic N) is 4. The first-order valence-corrected chi connectivity index (χ1v) is 11.8. The lowest BCUT2D eigenvalue weighted by molar-refractivity contribution is -0.137. The van der Waals surface area contributed by atoms with Crippen LogP contribution in [0.3, 0.4) is 0 Å². The number of fused-ring (bicyclic) bond motifs is 1. The summed E-state index contributed by atoms with van der Waals surface area (Å²) in [6, 6.07) is 13.3. The fourth-order valence-electron chi connectivity index (χ4n) is 3.54. The molecule has 9 nitrogen and oxygen atoms in total. The smallest absolute Gasteiger partial charge is 0.354 e. The number of thiazole rings is 1. The summed E-state index contributed by atoms with van der Waals surface area (Å²) in [5.74, 6) is -1.00. The fraction of sp³-hybridized carbons (Fsp3) is 0.292. The maximum atomic E-state index is 13.2. The van der Waals surface area contributed by atoms with Crippen molar-refractivity contribution in [1.82, 2.24) is 19.1 Å². The first-order chi connectivity index (χ1) is 16.3. The molecule has 0 aliphatic heterocycles. The minimum Gasteiger partial charge on any atom is -0.481 e. The van der Waals surface area contributed by atoms with Crippen molar-refractivity contribution < 1.29 is 9.90 Å². The van der Waals surface area contributed by atoms with E-state index in [1.807, 2.05) is 49.4 Å². The second-order valence-electron chi connectivity index (χ2n) is 8.03. The molecular weight excluding hydrogens is 454 g/mol. The maximum absolute atomic E-state index is 13.2. The Kier molecular flexibility index (Phi) is 6.87. The average Bonchev–Trinajstić information content (AvgIpc) is 3.19. The number of carbonyl (C=O) groups is 1. The molecule has 0 atom stereocenters. The number of benzene rings is 2. The van der Waals surface area contributed by atoms with Gasteiger partial charge in [-0.3, -0.25) is 9.36 Å². The second-order valence-corrected chi connectivity index (χ2v) is 9.15. The summed E-state index contributed by atoms with van der Waals surface area (Å²) in [5, 5.41) is 13.2. The van der Waals surface area contributed by atoms with Crippen LogP contribution in [-0.4, -0.2) is 30.2 Å². The summed E-state index contributed by atoms with van der Waals surface area (Å²) < 4.78 is 3.21. The van der Waals surface area contributed by atoms with Gasteiger partial charge in [0.15, 0.2) is 0 Å². The van der Waals surface area contributed by atoms with Gasteiger partial charge in [-0.1, -0.05) is 36.8 Å². The maximum Gasteiger partial charge on any atom is 0.354 e. The number of rotatable bonds is 9. The molecule has 0 aliphatic carbocycles. The van der Waals surface area contributed by atoms with Crippen molar-refractivity contribution in [2.75, 3.05) is 5.32 Å². The zero-order valence-corrected chi connectivity index (χ0v) is 19.8. The molecule has 0 saturated carbocycles. The molecule has 2 aromatic heterocycles. The molecule has 4 aromatic rings. The topological polar surface area (TPSA) is 119 Å². The summed E-state index contributed by atoms with van der Waals surface area (Å²) >= 11 is 1.61. The van der Waals surface area contributed by atoms with Crippen LogP contribution in [0.25, 0.3) is 10.2 Å². The molecular formula is C24H25N5O4S. The van der Waals surface area contributed by atoms with Gasteiger partial charge in [-0.2, -0.15) is 4.98 Å². The van der Waals surface area contributed by atoms with E-state index in [0.717, 1.165) is 43.8 Å². The standard InChI is InChI=1S/C24H25N5O4S/c1-3-4-20-26-18-10-9-17(13-19(18)34-20)25-22-27-23(32)28(12-11-21(30)31)24(33)29(22)14-16-7-5-15(2)6-8-16/h5-10,13H,3-4,11-12,14H2,1-2H3,(H,30,31)(H,25,27,32). The van der Waals surface area contributed by atoms with Crippen molar-refractivity contribution in [2.45, 2.75) is 46.2 Å². The van der Waals surface area contributed by atoms with Crippen LogP contribution in [0.1, 0.15) is 35.9 Å². The van der Waals surface area contributed by atoms with Crippen LogP contribution in [0.15, 0.2) is 52.1 Å². The van der Waals surface area contributed by atoms with Gasteiger partial charge in [-0.05, 0) is 43.5 Å². The van der Waals surface area contributed by atoms with E-state index >= 15 is 0 Å². The highest BCUT2D eigenvalue weighted by molar-refractivity contribution is 7.18. The highest BCUT2D eigenvalue weighted by atomic mass is 32.1. The molecule has 4 rings (SSSR count). The quantitative estimate of drug-likeness (QED) is 0.377. The highest BCUT2D eigenvalue weighted by Crippen LogP contribution is 2.27. The SMILES string of the molecule is CCCc1nc2ccc(Nc3nc(=O)n(CCC(=O)O)c(=O)n3Cc3ccc(C)cc3)cc2s1. The number of carboxylic acid groups (broad SMARTS) is 1. The van der Waals surface area contributed by atoms with Gasteiger partial charge in [0.25, 0.3) is 0 Å². The number of aliphatic carboxylic acids is 1. The number of aromatic nitrogens is 4.